The third-order valence-corrected chi connectivity index (χ3v) is 3.45. The van der Waals surface area contributed by atoms with E-state index < -0.39 is 0 Å². The van der Waals surface area contributed by atoms with Gasteiger partial charge in [-0.3, -0.25) is 14.3 Å². The summed E-state index contributed by atoms with van der Waals surface area (Å²) in [5, 5.41) is 0. The molecule has 1 fully saturated rings. The number of carbonyl (C=O) groups excluding carboxylic acids is 3. The molecule has 0 aromatic heterocycles. The van der Waals surface area contributed by atoms with Crippen LogP contribution in [0.3, 0.4) is 0 Å². The predicted octanol–water partition coefficient (Wildman–Crippen LogP) is 0.153. The number of hydrogen-bond acceptors (Lipinski definition) is 3. The van der Waals surface area contributed by atoms with Gasteiger partial charge in [0.2, 0.25) is 11.8 Å². The molecule has 14 heavy (non-hydrogen) atoms. The molecule has 0 aromatic carbocycles. The van der Waals surface area contributed by atoms with Gasteiger partial charge in [0.1, 0.15) is 0 Å². The third kappa shape index (κ3) is 2.21. The monoisotopic (exact) mass is 213 g/mol. The van der Waals surface area contributed by atoms with Gasteiger partial charge in [-0.2, -0.15) is 0 Å². The number of rotatable bonds is 4. The maximum absolute atomic E-state index is 11.7. The zero-order valence-corrected chi connectivity index (χ0v) is 9.32. The summed E-state index contributed by atoms with van der Waals surface area (Å²) in [6.45, 7) is 4.13. The zero-order valence-electron chi connectivity index (χ0n) is 8.32. The maximum atomic E-state index is 11.7. The molecule has 0 spiro atoms. The van der Waals surface area contributed by atoms with E-state index in [-0.39, 0.29) is 39.3 Å². The van der Waals surface area contributed by atoms with Crippen LogP contribution in [0.25, 0.3) is 0 Å². The highest BCUT2D eigenvalue weighted by molar-refractivity contribution is 7.74. The fourth-order valence-corrected chi connectivity index (χ4v) is 2.32. The molecule has 0 saturated carbocycles. The van der Waals surface area contributed by atoms with E-state index in [0.717, 1.165) is 6.19 Å². The lowest BCUT2D eigenvalue weighted by atomic mass is 9.95. The highest BCUT2D eigenvalue weighted by atomic mass is 31.1. The van der Waals surface area contributed by atoms with Crippen molar-refractivity contribution in [1.29, 1.82) is 0 Å². The Kier molecular flexibility index (Phi) is 3.82. The lowest BCUT2D eigenvalue weighted by molar-refractivity contribution is -0.133. The first-order valence-electron chi connectivity index (χ1n) is 4.62. The molecule has 0 aromatic rings. The quantitative estimate of drug-likeness (QED) is 0.289. The van der Waals surface area contributed by atoms with Crippen molar-refractivity contribution >= 4 is 33.6 Å². The third-order valence-electron chi connectivity index (χ3n) is 2.32. The smallest absolute Gasteiger partial charge is 0.251 e. The topological polar surface area (TPSA) is 54.5 Å². The minimum atomic E-state index is -0.179. The SMILES string of the molecule is CC(C)C1CC(=O)N(PBC=O)C1=O. The molecule has 0 bridgehead atoms. The highest BCUT2D eigenvalue weighted by Crippen LogP contribution is 2.32. The summed E-state index contributed by atoms with van der Waals surface area (Å²) in [5.74, 6) is -0.224. The van der Waals surface area contributed by atoms with Gasteiger partial charge in [0.25, 0.3) is 7.00 Å². The van der Waals surface area contributed by atoms with Crippen molar-refractivity contribution in [2.24, 2.45) is 11.8 Å². The van der Waals surface area contributed by atoms with Crippen molar-refractivity contribution in [2.75, 3.05) is 0 Å². The fourth-order valence-electron chi connectivity index (χ4n) is 1.47. The molecule has 2 amide bonds. The summed E-state index contributed by atoms with van der Waals surface area (Å²) in [4.78, 5) is 33.2. The summed E-state index contributed by atoms with van der Waals surface area (Å²) >= 11 is 0. The molecule has 1 rings (SSSR count). The predicted molar refractivity (Wildman–Crippen MR) is 57.0 cm³/mol. The van der Waals surface area contributed by atoms with E-state index in [9.17, 15) is 14.4 Å². The van der Waals surface area contributed by atoms with Crippen LogP contribution in [-0.4, -0.2) is 29.7 Å². The van der Waals surface area contributed by atoms with Crippen LogP contribution in [0.2, 0.25) is 0 Å². The summed E-state index contributed by atoms with van der Waals surface area (Å²) < 4.78 is 1.24. The van der Waals surface area contributed by atoms with E-state index in [2.05, 4.69) is 0 Å². The van der Waals surface area contributed by atoms with Crippen molar-refractivity contribution in [3.05, 3.63) is 0 Å². The average molecular weight is 213 g/mol. The number of hydrogen-bond donors (Lipinski definition) is 0. The molecule has 6 heteroatoms. The van der Waals surface area contributed by atoms with Crippen molar-refractivity contribution in [3.63, 3.8) is 0 Å². The first kappa shape index (κ1) is 11.4. The Balaban J connectivity index is 2.65. The Morgan fingerprint density at radius 3 is 2.64 bits per heavy atom. The number of nitrogens with zero attached hydrogens (tertiary/aromatic N) is 1. The van der Waals surface area contributed by atoms with Crippen LogP contribution in [0.5, 0.6) is 0 Å². The van der Waals surface area contributed by atoms with Gasteiger partial charge in [0.05, 0.1) is 6.19 Å². The normalized spacial score (nSPS) is 22.8. The lowest BCUT2D eigenvalue weighted by Gasteiger charge is -2.14. The molecule has 1 aliphatic heterocycles. The second kappa shape index (κ2) is 4.69. The Hall–Kier alpha value is -0.695. The molecule has 0 radical (unpaired) electrons. The van der Waals surface area contributed by atoms with Crippen molar-refractivity contribution < 1.29 is 14.4 Å². The molecule has 0 N–H and O–H groups in total. The molecule has 4 nitrogen and oxygen atoms in total. The number of imide groups is 1. The van der Waals surface area contributed by atoms with E-state index >= 15 is 0 Å². The van der Waals surface area contributed by atoms with Gasteiger partial charge in [-0.05, 0) is 14.5 Å². The van der Waals surface area contributed by atoms with E-state index in [1.165, 1.54) is 4.67 Å². The van der Waals surface area contributed by atoms with Crippen molar-refractivity contribution in [2.45, 2.75) is 20.3 Å². The van der Waals surface area contributed by atoms with E-state index in [1.54, 1.807) is 0 Å². The van der Waals surface area contributed by atoms with Crippen LogP contribution in [-0.2, 0) is 14.4 Å². The van der Waals surface area contributed by atoms with Gasteiger partial charge in [-0.1, -0.05) is 13.8 Å². The Bertz CT molecular complexity index is 269. The van der Waals surface area contributed by atoms with Gasteiger partial charge >= 0.3 is 0 Å². The highest BCUT2D eigenvalue weighted by Gasteiger charge is 2.39. The fraction of sp³-hybridized carbons (Fsp3) is 0.625. The second-order valence-corrected chi connectivity index (χ2v) is 4.82. The minimum Gasteiger partial charge on any atom is -0.315 e. The molecule has 2 atom stereocenters. The van der Waals surface area contributed by atoms with E-state index in [4.69, 9.17) is 0 Å². The molecule has 1 aliphatic rings. The summed E-state index contributed by atoms with van der Waals surface area (Å²) in [5.41, 5.74) is 0. The number of amides is 2. The number of carbonyl (C=O) groups is 3. The van der Waals surface area contributed by atoms with Crippen molar-refractivity contribution in [3.8, 4) is 0 Å². The maximum Gasteiger partial charge on any atom is 0.251 e. The summed E-state index contributed by atoms with van der Waals surface area (Å²) in [7, 11) is -0.00858. The van der Waals surface area contributed by atoms with Crippen LogP contribution in [0, 0.1) is 11.8 Å². The minimum absolute atomic E-state index is 0.00858. The van der Waals surface area contributed by atoms with Crippen LogP contribution < -0.4 is 0 Å². The zero-order chi connectivity index (χ0) is 10.7. The molecule has 1 saturated heterocycles. The van der Waals surface area contributed by atoms with Crippen LogP contribution in [0.4, 0.5) is 0 Å². The van der Waals surface area contributed by atoms with Crippen LogP contribution >= 0.6 is 8.61 Å². The first-order chi connectivity index (χ1) is 6.57. The van der Waals surface area contributed by atoms with Gasteiger partial charge in [-0.15, -0.1) is 0 Å². The average Bonchev–Trinajstić information content (AvgIpc) is 2.40. The van der Waals surface area contributed by atoms with Crippen LogP contribution in [0.1, 0.15) is 20.3 Å². The van der Waals surface area contributed by atoms with Crippen molar-refractivity contribution in [1.82, 2.24) is 4.67 Å². The first-order valence-corrected chi connectivity index (χ1v) is 5.77. The lowest BCUT2D eigenvalue weighted by Crippen LogP contribution is -2.25. The summed E-state index contributed by atoms with van der Waals surface area (Å²) in [6.07, 6.45) is 1.05. The second-order valence-electron chi connectivity index (χ2n) is 3.65. The molecular weight excluding hydrogens is 200 g/mol. The summed E-state index contributed by atoms with van der Waals surface area (Å²) in [6, 6.07) is 0. The molecular formula is C8H13BNO3P. The van der Waals surface area contributed by atoms with Gasteiger partial charge in [-0.25, -0.2) is 0 Å². The van der Waals surface area contributed by atoms with Gasteiger partial charge in [0.15, 0.2) is 0 Å². The van der Waals surface area contributed by atoms with Crippen LogP contribution in [0.15, 0.2) is 0 Å². The van der Waals surface area contributed by atoms with Gasteiger partial charge in [0, 0.05) is 12.3 Å². The van der Waals surface area contributed by atoms with Gasteiger partial charge < -0.3 is 4.79 Å². The van der Waals surface area contributed by atoms with E-state index in [0.29, 0.717) is 6.42 Å². The largest absolute Gasteiger partial charge is 0.315 e. The Labute approximate surface area is 85.4 Å². The molecule has 76 valence electrons. The van der Waals surface area contributed by atoms with E-state index in [1.807, 2.05) is 13.8 Å². The molecule has 0 aliphatic carbocycles. The molecule has 2 unspecified atom stereocenters. The Morgan fingerprint density at radius 2 is 2.21 bits per heavy atom. The standard InChI is InChI=1S/C8H13BNO3P/c1-5(2)6-3-7(12)10(8(6)13)14-9-4-11/h4-6,9,14H,3H2,1-2H3. The molecule has 1 heterocycles. The Morgan fingerprint density at radius 1 is 1.57 bits per heavy atom.